The van der Waals surface area contributed by atoms with Crippen LogP contribution in [0.2, 0.25) is 0 Å². The number of aliphatic hydroxyl groups is 1. The molecule has 0 amide bonds. The third-order valence-electron chi connectivity index (χ3n) is 1.49. The minimum atomic E-state index is -0.250. The zero-order valence-electron chi connectivity index (χ0n) is 9.30. The van der Waals surface area contributed by atoms with Gasteiger partial charge in [0.05, 0.1) is 26.4 Å². The molecule has 0 aliphatic heterocycles. The fourth-order valence-electron chi connectivity index (χ4n) is 0.749. The monoisotopic (exact) mass is 218 g/mol. The molecular weight excluding hydrogens is 204 g/mol. The van der Waals surface area contributed by atoms with E-state index in [0.717, 1.165) is 0 Å². The number of methoxy groups -OCH3 is 1. The van der Waals surface area contributed by atoms with Gasteiger partial charge in [0.15, 0.2) is 0 Å². The highest BCUT2D eigenvalue weighted by Gasteiger charge is 1.94. The average molecular weight is 218 g/mol. The van der Waals surface area contributed by atoms with Gasteiger partial charge in [0, 0.05) is 6.42 Å². The number of carbonyl (C=O) groups is 1. The van der Waals surface area contributed by atoms with Crippen molar-refractivity contribution in [1.29, 1.82) is 0 Å². The van der Waals surface area contributed by atoms with Crippen molar-refractivity contribution in [1.82, 2.24) is 0 Å². The lowest BCUT2D eigenvalue weighted by Gasteiger charge is -1.91. The Morgan fingerprint density at radius 2 is 1.62 bits per heavy atom. The van der Waals surface area contributed by atoms with Crippen LogP contribution in [0.25, 0.3) is 0 Å². The van der Waals surface area contributed by atoms with Crippen molar-refractivity contribution in [2.75, 3.05) is 13.7 Å². The van der Waals surface area contributed by atoms with E-state index in [9.17, 15) is 4.79 Å². The summed E-state index contributed by atoms with van der Waals surface area (Å²) in [5.74, 6) is 16.2. The van der Waals surface area contributed by atoms with Gasteiger partial charge in [-0.3, -0.25) is 4.79 Å². The number of esters is 1. The highest BCUT2D eigenvalue weighted by atomic mass is 16.5. The predicted octanol–water partition coefficient (Wildman–Crippen LogP) is 0.722. The van der Waals surface area contributed by atoms with Crippen molar-refractivity contribution in [3.63, 3.8) is 0 Å². The van der Waals surface area contributed by atoms with Gasteiger partial charge < -0.3 is 9.84 Å². The maximum Gasteiger partial charge on any atom is 0.306 e. The smallest absolute Gasteiger partial charge is 0.306 e. The van der Waals surface area contributed by atoms with Crippen LogP contribution in [0, 0.1) is 35.5 Å². The lowest BCUT2D eigenvalue weighted by Crippen LogP contribution is -1.98. The molecule has 0 aromatic rings. The highest BCUT2D eigenvalue weighted by molar-refractivity contribution is 5.69. The summed E-state index contributed by atoms with van der Waals surface area (Å²) in [6.07, 6.45) is 1.74. The molecule has 0 rings (SSSR count). The van der Waals surface area contributed by atoms with Gasteiger partial charge >= 0.3 is 5.97 Å². The Balaban J connectivity index is 3.57. The summed E-state index contributed by atoms with van der Waals surface area (Å²) in [5, 5.41) is 8.35. The molecule has 0 fully saturated rings. The molecular formula is C13H14O3. The van der Waals surface area contributed by atoms with Crippen molar-refractivity contribution in [3.05, 3.63) is 0 Å². The number of aliphatic hydroxyl groups excluding tert-OH is 1. The summed E-state index contributed by atoms with van der Waals surface area (Å²) in [7, 11) is 1.36. The van der Waals surface area contributed by atoms with Crippen LogP contribution >= 0.6 is 0 Å². The minimum Gasteiger partial charge on any atom is -0.469 e. The van der Waals surface area contributed by atoms with Crippen LogP contribution in [0.15, 0.2) is 0 Å². The van der Waals surface area contributed by atoms with E-state index in [4.69, 9.17) is 5.11 Å². The van der Waals surface area contributed by atoms with Crippen LogP contribution in [0.3, 0.4) is 0 Å². The van der Waals surface area contributed by atoms with Crippen molar-refractivity contribution in [2.45, 2.75) is 25.7 Å². The number of hydrogen-bond donors (Lipinski definition) is 1. The first-order chi connectivity index (χ1) is 7.81. The molecule has 0 spiro atoms. The topological polar surface area (TPSA) is 46.5 Å². The van der Waals surface area contributed by atoms with E-state index in [-0.39, 0.29) is 12.6 Å². The Morgan fingerprint density at radius 1 is 1.06 bits per heavy atom. The van der Waals surface area contributed by atoms with E-state index >= 15 is 0 Å². The molecule has 0 aromatic carbocycles. The molecule has 3 heteroatoms. The summed E-state index contributed by atoms with van der Waals surface area (Å²) in [4.78, 5) is 10.7. The van der Waals surface area contributed by atoms with E-state index in [1.165, 1.54) is 7.11 Å². The van der Waals surface area contributed by atoms with Gasteiger partial charge in [0.1, 0.15) is 6.61 Å². The van der Waals surface area contributed by atoms with Crippen LogP contribution in [-0.2, 0) is 9.53 Å². The van der Waals surface area contributed by atoms with Crippen LogP contribution < -0.4 is 0 Å². The van der Waals surface area contributed by atoms with E-state index < -0.39 is 0 Å². The zero-order valence-corrected chi connectivity index (χ0v) is 9.30. The molecule has 0 aliphatic carbocycles. The Labute approximate surface area is 96.2 Å². The first-order valence-corrected chi connectivity index (χ1v) is 4.86. The normalized spacial score (nSPS) is 7.38. The van der Waals surface area contributed by atoms with Crippen molar-refractivity contribution < 1.29 is 14.6 Å². The fourth-order valence-corrected chi connectivity index (χ4v) is 0.749. The van der Waals surface area contributed by atoms with Crippen LogP contribution in [0.4, 0.5) is 0 Å². The average Bonchev–Trinajstić information content (AvgIpc) is 2.31. The molecule has 16 heavy (non-hydrogen) atoms. The third kappa shape index (κ3) is 10.2. The Hall–Kier alpha value is -1.89. The second kappa shape index (κ2) is 11.2. The van der Waals surface area contributed by atoms with Gasteiger partial charge in [-0.2, -0.15) is 0 Å². The molecule has 1 N–H and O–H groups in total. The lowest BCUT2D eigenvalue weighted by molar-refractivity contribution is -0.140. The van der Waals surface area contributed by atoms with Crippen LogP contribution in [-0.4, -0.2) is 24.8 Å². The van der Waals surface area contributed by atoms with E-state index in [1.54, 1.807) is 0 Å². The number of hydrogen-bond acceptors (Lipinski definition) is 3. The second-order valence-corrected chi connectivity index (χ2v) is 2.65. The maximum atomic E-state index is 10.7. The number of ether oxygens (including phenoxy) is 1. The Kier molecular flexibility index (Phi) is 9.86. The predicted molar refractivity (Wildman–Crippen MR) is 60.9 cm³/mol. The standard InChI is InChI=1S/C13H14O3/c1-16-13(15)11-9-7-5-3-2-4-6-8-10-12-14/h14H,3,6,9,11-12H2,1H3. The van der Waals surface area contributed by atoms with Gasteiger partial charge in [-0.15, -0.1) is 5.92 Å². The fraction of sp³-hybridized carbons (Fsp3) is 0.462. The molecule has 0 saturated heterocycles. The number of rotatable bonds is 2. The van der Waals surface area contributed by atoms with Gasteiger partial charge in [-0.1, -0.05) is 29.6 Å². The molecule has 84 valence electrons. The maximum absolute atomic E-state index is 10.7. The third-order valence-corrected chi connectivity index (χ3v) is 1.49. The van der Waals surface area contributed by atoms with Crippen LogP contribution in [0.1, 0.15) is 25.7 Å². The molecule has 0 aliphatic rings. The van der Waals surface area contributed by atoms with Crippen molar-refractivity contribution in [3.8, 4) is 35.5 Å². The quantitative estimate of drug-likeness (QED) is 0.549. The summed E-state index contributed by atoms with van der Waals surface area (Å²) in [6, 6.07) is 0. The molecule has 0 unspecified atom stereocenters. The first kappa shape index (κ1) is 14.1. The molecule has 3 nitrogen and oxygen atoms in total. The van der Waals surface area contributed by atoms with E-state index in [2.05, 4.69) is 40.3 Å². The van der Waals surface area contributed by atoms with Gasteiger partial charge in [-0.25, -0.2) is 0 Å². The summed E-state index contributed by atoms with van der Waals surface area (Å²) in [5.41, 5.74) is 0. The largest absolute Gasteiger partial charge is 0.469 e. The van der Waals surface area contributed by atoms with Crippen molar-refractivity contribution in [2.24, 2.45) is 0 Å². The van der Waals surface area contributed by atoms with Gasteiger partial charge in [0.25, 0.3) is 0 Å². The SMILES string of the molecule is COC(=O)CCC#CCC#CCC#CCO. The van der Waals surface area contributed by atoms with Gasteiger partial charge in [0.2, 0.25) is 0 Å². The summed E-state index contributed by atoms with van der Waals surface area (Å²) < 4.78 is 4.46. The molecule has 0 aromatic heterocycles. The highest BCUT2D eigenvalue weighted by Crippen LogP contribution is 1.89. The Morgan fingerprint density at radius 3 is 2.19 bits per heavy atom. The van der Waals surface area contributed by atoms with Crippen LogP contribution in [0.5, 0.6) is 0 Å². The second-order valence-electron chi connectivity index (χ2n) is 2.65. The molecule has 0 bridgehead atoms. The Bertz CT molecular complexity index is 377. The summed E-state index contributed by atoms with van der Waals surface area (Å²) >= 11 is 0. The molecule has 0 atom stereocenters. The molecule has 0 heterocycles. The summed E-state index contributed by atoms with van der Waals surface area (Å²) in [6.45, 7) is -0.130. The van der Waals surface area contributed by atoms with E-state index in [0.29, 0.717) is 25.7 Å². The lowest BCUT2D eigenvalue weighted by atomic mass is 10.3. The molecule has 0 saturated carbocycles. The zero-order chi connectivity index (χ0) is 12.1. The van der Waals surface area contributed by atoms with Crippen molar-refractivity contribution >= 4 is 5.97 Å². The first-order valence-electron chi connectivity index (χ1n) is 4.86. The number of carbonyl (C=O) groups excluding carboxylic acids is 1. The van der Waals surface area contributed by atoms with Gasteiger partial charge in [-0.05, 0) is 0 Å². The minimum absolute atomic E-state index is 0.130. The van der Waals surface area contributed by atoms with E-state index in [1.807, 2.05) is 0 Å². The molecule has 0 radical (unpaired) electrons.